The number of nitrogens with one attached hydrogen (secondary N) is 1. The highest BCUT2D eigenvalue weighted by molar-refractivity contribution is 6.30. The number of benzene rings is 1. The van der Waals surface area contributed by atoms with Crippen LogP contribution in [0.3, 0.4) is 0 Å². The van der Waals surface area contributed by atoms with E-state index < -0.39 is 0 Å². The lowest BCUT2D eigenvalue weighted by Crippen LogP contribution is -2.45. The monoisotopic (exact) mass is 347 g/mol. The first-order valence-electron chi connectivity index (χ1n) is 8.35. The van der Waals surface area contributed by atoms with Crippen LogP contribution in [0.1, 0.15) is 31.4 Å². The minimum Gasteiger partial charge on any atom is -0.444 e. The minimum atomic E-state index is -0.0312. The summed E-state index contributed by atoms with van der Waals surface area (Å²) in [5, 5.41) is 3.77. The number of hydrogen-bond acceptors (Lipinski definition) is 4. The molecule has 1 heterocycles. The molecule has 1 aromatic carbocycles. The Morgan fingerprint density at radius 1 is 1.29 bits per heavy atom. The average molecular weight is 348 g/mol. The molecule has 0 saturated heterocycles. The summed E-state index contributed by atoms with van der Waals surface area (Å²) in [6, 6.07) is 7.42. The summed E-state index contributed by atoms with van der Waals surface area (Å²) in [6.45, 7) is 0.621. The molecule has 1 amide bonds. The van der Waals surface area contributed by atoms with Crippen LogP contribution < -0.4 is 11.1 Å². The van der Waals surface area contributed by atoms with Gasteiger partial charge in [-0.2, -0.15) is 0 Å². The molecule has 0 spiro atoms. The molecule has 1 aromatic heterocycles. The van der Waals surface area contributed by atoms with E-state index in [0.29, 0.717) is 29.1 Å². The maximum absolute atomic E-state index is 12.3. The van der Waals surface area contributed by atoms with Gasteiger partial charge in [0, 0.05) is 16.6 Å². The van der Waals surface area contributed by atoms with Crippen LogP contribution in [0.25, 0.3) is 11.5 Å². The highest BCUT2D eigenvalue weighted by Gasteiger charge is 2.25. The summed E-state index contributed by atoms with van der Waals surface area (Å²) in [5.74, 6) is 0.841. The van der Waals surface area contributed by atoms with Gasteiger partial charge in [-0.05, 0) is 49.6 Å². The summed E-state index contributed by atoms with van der Waals surface area (Å²) in [5.41, 5.74) is 7.27. The number of amides is 1. The zero-order valence-corrected chi connectivity index (χ0v) is 14.3. The summed E-state index contributed by atoms with van der Waals surface area (Å²) in [4.78, 5) is 16.7. The van der Waals surface area contributed by atoms with Crippen molar-refractivity contribution in [2.24, 2.45) is 11.7 Å². The third-order valence-corrected chi connectivity index (χ3v) is 4.79. The maximum Gasteiger partial charge on any atom is 0.226 e. The van der Waals surface area contributed by atoms with E-state index in [2.05, 4.69) is 10.3 Å². The lowest BCUT2D eigenvalue weighted by Gasteiger charge is -2.31. The van der Waals surface area contributed by atoms with Crippen LogP contribution in [-0.2, 0) is 11.2 Å². The molecule has 0 bridgehead atoms. The molecule has 3 rings (SSSR count). The number of halogens is 1. The Morgan fingerprint density at radius 2 is 2.04 bits per heavy atom. The smallest absolute Gasteiger partial charge is 0.226 e. The van der Waals surface area contributed by atoms with E-state index in [1.807, 2.05) is 12.1 Å². The van der Waals surface area contributed by atoms with Crippen molar-refractivity contribution in [1.82, 2.24) is 10.3 Å². The zero-order chi connectivity index (χ0) is 16.9. The van der Waals surface area contributed by atoms with Gasteiger partial charge < -0.3 is 15.5 Å². The number of carbonyl (C=O) groups excluding carboxylic acids is 1. The summed E-state index contributed by atoms with van der Waals surface area (Å²) in [6.07, 6.45) is 6.18. The van der Waals surface area contributed by atoms with Crippen LogP contribution in [0.4, 0.5) is 0 Å². The SMILES string of the molecule is NCC1CCCCC1NC(=O)Cc1coc(-c2ccc(Cl)cc2)n1. The first-order chi connectivity index (χ1) is 11.7. The summed E-state index contributed by atoms with van der Waals surface area (Å²) < 4.78 is 5.47. The van der Waals surface area contributed by atoms with E-state index in [9.17, 15) is 4.79 Å². The molecular formula is C18H22ClN3O2. The highest BCUT2D eigenvalue weighted by atomic mass is 35.5. The number of hydrogen-bond donors (Lipinski definition) is 2. The van der Waals surface area contributed by atoms with Gasteiger partial charge in [-0.15, -0.1) is 0 Å². The van der Waals surface area contributed by atoms with Crippen molar-refractivity contribution in [3.63, 3.8) is 0 Å². The van der Waals surface area contributed by atoms with Crippen LogP contribution in [0.5, 0.6) is 0 Å². The van der Waals surface area contributed by atoms with Gasteiger partial charge in [-0.1, -0.05) is 24.4 Å². The fraction of sp³-hybridized carbons (Fsp3) is 0.444. The van der Waals surface area contributed by atoms with Crippen LogP contribution in [0, 0.1) is 5.92 Å². The Bertz CT molecular complexity index is 684. The average Bonchev–Trinajstić information content (AvgIpc) is 3.04. The number of nitrogens with two attached hydrogens (primary N) is 1. The Balaban J connectivity index is 1.59. The van der Waals surface area contributed by atoms with Gasteiger partial charge in [-0.25, -0.2) is 4.98 Å². The Morgan fingerprint density at radius 3 is 2.79 bits per heavy atom. The molecule has 24 heavy (non-hydrogen) atoms. The van der Waals surface area contributed by atoms with Gasteiger partial charge >= 0.3 is 0 Å². The van der Waals surface area contributed by atoms with Gasteiger partial charge in [0.1, 0.15) is 6.26 Å². The third-order valence-electron chi connectivity index (χ3n) is 4.54. The second kappa shape index (κ2) is 7.81. The molecule has 2 atom stereocenters. The van der Waals surface area contributed by atoms with E-state index in [4.69, 9.17) is 21.8 Å². The van der Waals surface area contributed by atoms with Crippen LogP contribution in [0.15, 0.2) is 34.9 Å². The fourth-order valence-electron chi connectivity index (χ4n) is 3.22. The Hall–Kier alpha value is -1.85. The molecular weight excluding hydrogens is 326 g/mol. The molecule has 2 aromatic rings. The van der Waals surface area contributed by atoms with Crippen molar-refractivity contribution in [3.8, 4) is 11.5 Å². The van der Waals surface area contributed by atoms with Crippen LogP contribution >= 0.6 is 11.6 Å². The second-order valence-electron chi connectivity index (χ2n) is 6.28. The third kappa shape index (κ3) is 4.16. The van der Waals surface area contributed by atoms with Gasteiger partial charge in [0.15, 0.2) is 0 Å². The quantitative estimate of drug-likeness (QED) is 0.870. The van der Waals surface area contributed by atoms with Crippen LogP contribution in [-0.4, -0.2) is 23.5 Å². The molecule has 0 aliphatic heterocycles. The highest BCUT2D eigenvalue weighted by Crippen LogP contribution is 2.24. The predicted octanol–water partition coefficient (Wildman–Crippen LogP) is 3.17. The molecule has 2 unspecified atom stereocenters. The number of oxazole rings is 1. The van der Waals surface area contributed by atoms with E-state index in [1.54, 1.807) is 12.1 Å². The first-order valence-corrected chi connectivity index (χ1v) is 8.73. The molecule has 6 heteroatoms. The first kappa shape index (κ1) is 17.0. The van der Waals surface area contributed by atoms with Gasteiger partial charge in [-0.3, -0.25) is 4.79 Å². The van der Waals surface area contributed by atoms with E-state index in [-0.39, 0.29) is 18.4 Å². The van der Waals surface area contributed by atoms with Gasteiger partial charge in [0.05, 0.1) is 12.1 Å². The standard InChI is InChI=1S/C18H22ClN3O2/c19-14-7-5-12(6-8-14)18-21-15(11-24-18)9-17(23)22-16-4-2-1-3-13(16)10-20/h5-8,11,13,16H,1-4,9-10,20H2,(H,22,23). The number of nitrogens with zero attached hydrogens (tertiary/aromatic N) is 1. The van der Waals surface area contributed by atoms with Crippen molar-refractivity contribution in [1.29, 1.82) is 0 Å². The number of rotatable bonds is 5. The lowest BCUT2D eigenvalue weighted by molar-refractivity contribution is -0.121. The van der Waals surface area contributed by atoms with Crippen molar-refractivity contribution in [2.45, 2.75) is 38.1 Å². The molecule has 0 radical (unpaired) electrons. The van der Waals surface area contributed by atoms with Crippen molar-refractivity contribution in [3.05, 3.63) is 41.2 Å². The fourth-order valence-corrected chi connectivity index (χ4v) is 3.34. The Labute approximate surface area is 146 Å². The van der Waals surface area contributed by atoms with Crippen molar-refractivity contribution < 1.29 is 9.21 Å². The van der Waals surface area contributed by atoms with Gasteiger partial charge in [0.25, 0.3) is 0 Å². The summed E-state index contributed by atoms with van der Waals surface area (Å²) in [7, 11) is 0. The largest absolute Gasteiger partial charge is 0.444 e. The van der Waals surface area contributed by atoms with E-state index >= 15 is 0 Å². The predicted molar refractivity (Wildman–Crippen MR) is 93.6 cm³/mol. The molecule has 1 aliphatic carbocycles. The molecule has 5 nitrogen and oxygen atoms in total. The minimum absolute atomic E-state index is 0.0312. The molecule has 128 valence electrons. The molecule has 3 N–H and O–H groups in total. The second-order valence-corrected chi connectivity index (χ2v) is 6.72. The number of aromatic nitrogens is 1. The zero-order valence-electron chi connectivity index (χ0n) is 13.5. The molecule has 1 aliphatic rings. The molecule has 1 saturated carbocycles. The number of carbonyl (C=O) groups is 1. The summed E-state index contributed by atoms with van der Waals surface area (Å²) >= 11 is 5.88. The van der Waals surface area contributed by atoms with Gasteiger partial charge in [0.2, 0.25) is 11.8 Å². The molecule has 1 fully saturated rings. The van der Waals surface area contributed by atoms with E-state index in [0.717, 1.165) is 24.8 Å². The van der Waals surface area contributed by atoms with Crippen LogP contribution in [0.2, 0.25) is 5.02 Å². The maximum atomic E-state index is 12.3. The van der Waals surface area contributed by atoms with E-state index in [1.165, 1.54) is 12.7 Å². The Kier molecular flexibility index (Phi) is 5.53. The normalized spacial score (nSPS) is 20.8. The van der Waals surface area contributed by atoms with Crippen molar-refractivity contribution in [2.75, 3.05) is 6.54 Å². The lowest BCUT2D eigenvalue weighted by atomic mass is 9.84. The topological polar surface area (TPSA) is 81.1 Å². The van der Waals surface area contributed by atoms with Crippen molar-refractivity contribution >= 4 is 17.5 Å².